The first kappa shape index (κ1) is 15.5. The second-order valence-electron chi connectivity index (χ2n) is 5.62. The van der Waals surface area contributed by atoms with Crippen molar-refractivity contribution in [2.75, 3.05) is 6.54 Å². The SMILES string of the molecule is Cc1[nH]n(-c2nc3ccccc3s2)c(=O)c1C=NCCc1cnc[nH]1. The summed E-state index contributed by atoms with van der Waals surface area (Å²) in [5.74, 6) is 0. The first-order valence-electron chi connectivity index (χ1n) is 7.87. The van der Waals surface area contributed by atoms with Gasteiger partial charge < -0.3 is 4.98 Å². The van der Waals surface area contributed by atoms with Crippen LogP contribution in [0, 0.1) is 6.92 Å². The van der Waals surface area contributed by atoms with Crippen molar-refractivity contribution in [2.24, 2.45) is 4.99 Å². The van der Waals surface area contributed by atoms with Crippen molar-refractivity contribution in [1.29, 1.82) is 0 Å². The number of rotatable bonds is 5. The number of hydrogen-bond donors (Lipinski definition) is 2. The number of para-hydroxylation sites is 1. The molecule has 0 spiro atoms. The molecule has 25 heavy (non-hydrogen) atoms. The standard InChI is InChI=1S/C17H16N6OS/c1-11-13(9-18-7-6-12-8-19-10-20-12)16(24)23(22-11)17-21-14-4-2-3-5-15(14)25-17/h2-5,8-10,22H,6-7H2,1H3,(H,19,20). The number of benzene rings is 1. The molecule has 8 heteroatoms. The van der Waals surface area contributed by atoms with E-state index < -0.39 is 0 Å². The summed E-state index contributed by atoms with van der Waals surface area (Å²) in [5.41, 5.74) is 3.10. The lowest BCUT2D eigenvalue weighted by Gasteiger charge is -1.92. The molecular weight excluding hydrogens is 336 g/mol. The minimum atomic E-state index is -0.137. The van der Waals surface area contributed by atoms with Gasteiger partial charge in [0, 0.05) is 36.8 Å². The summed E-state index contributed by atoms with van der Waals surface area (Å²) in [7, 11) is 0. The summed E-state index contributed by atoms with van der Waals surface area (Å²) in [6.45, 7) is 2.45. The molecule has 0 fully saturated rings. The van der Waals surface area contributed by atoms with E-state index in [4.69, 9.17) is 0 Å². The largest absolute Gasteiger partial charge is 0.348 e. The Hall–Kier alpha value is -3.00. The van der Waals surface area contributed by atoms with Crippen LogP contribution in [-0.2, 0) is 6.42 Å². The van der Waals surface area contributed by atoms with Crippen molar-refractivity contribution < 1.29 is 0 Å². The summed E-state index contributed by atoms with van der Waals surface area (Å²) in [6, 6.07) is 7.83. The lowest BCUT2D eigenvalue weighted by atomic mass is 10.3. The van der Waals surface area contributed by atoms with Gasteiger partial charge in [-0.15, -0.1) is 0 Å². The van der Waals surface area contributed by atoms with E-state index in [9.17, 15) is 4.79 Å². The normalized spacial score (nSPS) is 11.7. The Balaban J connectivity index is 1.59. The van der Waals surface area contributed by atoms with E-state index >= 15 is 0 Å². The number of H-pyrrole nitrogens is 2. The second kappa shape index (κ2) is 6.48. The van der Waals surface area contributed by atoms with Crippen molar-refractivity contribution in [3.8, 4) is 5.13 Å². The van der Waals surface area contributed by atoms with Crippen LogP contribution < -0.4 is 5.56 Å². The highest BCUT2D eigenvalue weighted by Crippen LogP contribution is 2.23. The lowest BCUT2D eigenvalue weighted by molar-refractivity contribution is 0.829. The van der Waals surface area contributed by atoms with Gasteiger partial charge in [0.1, 0.15) is 0 Å². The molecule has 1 aromatic carbocycles. The maximum Gasteiger partial charge on any atom is 0.282 e. The van der Waals surface area contributed by atoms with Gasteiger partial charge in [0.2, 0.25) is 5.13 Å². The van der Waals surface area contributed by atoms with Crippen LogP contribution in [0.25, 0.3) is 15.3 Å². The zero-order chi connectivity index (χ0) is 17.2. The molecular formula is C17H16N6OS. The third-order valence-electron chi connectivity index (χ3n) is 3.88. The molecule has 0 saturated carbocycles. The fourth-order valence-corrected chi connectivity index (χ4v) is 3.49. The number of aromatic nitrogens is 5. The van der Waals surface area contributed by atoms with Crippen molar-refractivity contribution >= 4 is 27.8 Å². The van der Waals surface area contributed by atoms with Gasteiger partial charge >= 0.3 is 0 Å². The molecule has 126 valence electrons. The quantitative estimate of drug-likeness (QED) is 0.541. The Kier molecular flexibility index (Phi) is 4.02. The first-order chi connectivity index (χ1) is 12.2. The highest BCUT2D eigenvalue weighted by molar-refractivity contribution is 7.20. The maximum atomic E-state index is 12.7. The van der Waals surface area contributed by atoms with Gasteiger partial charge in [-0.2, -0.15) is 4.68 Å². The number of imidazole rings is 1. The van der Waals surface area contributed by atoms with Crippen molar-refractivity contribution in [2.45, 2.75) is 13.3 Å². The van der Waals surface area contributed by atoms with Gasteiger partial charge in [-0.3, -0.25) is 14.9 Å². The third-order valence-corrected chi connectivity index (χ3v) is 4.90. The Bertz CT molecular complexity index is 1050. The van der Waals surface area contributed by atoms with Crippen LogP contribution in [0.1, 0.15) is 17.0 Å². The number of aliphatic imine (C=N–C) groups is 1. The smallest absolute Gasteiger partial charge is 0.282 e. The lowest BCUT2D eigenvalue weighted by Crippen LogP contribution is -2.17. The molecule has 0 aliphatic rings. The van der Waals surface area contributed by atoms with Gasteiger partial charge in [0.15, 0.2) is 0 Å². The summed E-state index contributed by atoms with van der Waals surface area (Å²) < 4.78 is 2.53. The predicted molar refractivity (Wildman–Crippen MR) is 99.1 cm³/mol. The predicted octanol–water partition coefficient (Wildman–Crippen LogP) is 2.47. The van der Waals surface area contributed by atoms with Crippen LogP contribution in [0.2, 0.25) is 0 Å². The Morgan fingerprint density at radius 1 is 1.36 bits per heavy atom. The van der Waals surface area contributed by atoms with Crippen molar-refractivity contribution in [3.63, 3.8) is 0 Å². The number of nitrogens with zero attached hydrogens (tertiary/aromatic N) is 4. The van der Waals surface area contributed by atoms with E-state index in [1.165, 1.54) is 16.0 Å². The molecule has 0 saturated heterocycles. The summed E-state index contributed by atoms with van der Waals surface area (Å²) in [5, 5.41) is 3.72. The number of aryl methyl sites for hydroxylation is 1. The molecule has 0 aliphatic heterocycles. The molecule has 0 bridgehead atoms. The number of fused-ring (bicyclic) bond motifs is 1. The van der Waals surface area contributed by atoms with Crippen molar-refractivity contribution in [3.05, 3.63) is 64.1 Å². The summed E-state index contributed by atoms with van der Waals surface area (Å²) >= 11 is 1.48. The monoisotopic (exact) mass is 352 g/mol. The topological polar surface area (TPSA) is 91.7 Å². The van der Waals surface area contributed by atoms with Crippen molar-refractivity contribution in [1.82, 2.24) is 24.7 Å². The molecule has 7 nitrogen and oxygen atoms in total. The summed E-state index contributed by atoms with van der Waals surface area (Å²) in [4.78, 5) is 28.6. The minimum absolute atomic E-state index is 0.137. The minimum Gasteiger partial charge on any atom is -0.348 e. The van der Waals surface area contributed by atoms with Crippen LogP contribution in [0.5, 0.6) is 0 Å². The molecule has 4 rings (SSSR count). The summed E-state index contributed by atoms with van der Waals surface area (Å²) in [6.07, 6.45) is 5.81. The molecule has 0 unspecified atom stereocenters. The molecule has 0 aliphatic carbocycles. The van der Waals surface area contributed by atoms with E-state index in [1.807, 2.05) is 31.2 Å². The van der Waals surface area contributed by atoms with Crippen LogP contribution in [-0.4, -0.2) is 37.5 Å². The molecule has 0 atom stereocenters. The average molecular weight is 352 g/mol. The van der Waals surface area contributed by atoms with Crippen LogP contribution in [0.3, 0.4) is 0 Å². The van der Waals surface area contributed by atoms with E-state index in [1.54, 1.807) is 18.7 Å². The maximum absolute atomic E-state index is 12.7. The number of aromatic amines is 2. The van der Waals surface area contributed by atoms with E-state index in [0.29, 0.717) is 17.2 Å². The van der Waals surface area contributed by atoms with Gasteiger partial charge in [-0.1, -0.05) is 23.5 Å². The third kappa shape index (κ3) is 3.03. The van der Waals surface area contributed by atoms with Gasteiger partial charge in [0.25, 0.3) is 5.56 Å². The zero-order valence-electron chi connectivity index (χ0n) is 13.6. The number of thiazole rings is 1. The molecule has 0 amide bonds. The molecule has 2 N–H and O–H groups in total. The second-order valence-corrected chi connectivity index (χ2v) is 6.63. The van der Waals surface area contributed by atoms with E-state index in [2.05, 4.69) is 25.0 Å². The van der Waals surface area contributed by atoms with Gasteiger partial charge in [0.05, 0.1) is 22.1 Å². The molecule has 3 aromatic heterocycles. The highest BCUT2D eigenvalue weighted by atomic mass is 32.1. The fraction of sp³-hybridized carbons (Fsp3) is 0.176. The van der Waals surface area contributed by atoms with E-state index in [-0.39, 0.29) is 5.56 Å². The van der Waals surface area contributed by atoms with Gasteiger partial charge in [-0.25, -0.2) is 9.97 Å². The molecule has 4 aromatic rings. The van der Waals surface area contributed by atoms with E-state index in [0.717, 1.165) is 28.0 Å². The Morgan fingerprint density at radius 3 is 3.04 bits per heavy atom. The highest BCUT2D eigenvalue weighted by Gasteiger charge is 2.13. The number of nitrogens with one attached hydrogen (secondary N) is 2. The number of hydrogen-bond acceptors (Lipinski definition) is 5. The molecule has 3 heterocycles. The zero-order valence-corrected chi connectivity index (χ0v) is 14.4. The van der Waals surface area contributed by atoms with Crippen LogP contribution in [0.4, 0.5) is 0 Å². The molecule has 0 radical (unpaired) electrons. The Labute approximate surface area is 147 Å². The van der Waals surface area contributed by atoms with Crippen LogP contribution >= 0.6 is 11.3 Å². The fourth-order valence-electron chi connectivity index (χ4n) is 2.56. The van der Waals surface area contributed by atoms with Crippen LogP contribution in [0.15, 0.2) is 46.6 Å². The van der Waals surface area contributed by atoms with Gasteiger partial charge in [-0.05, 0) is 19.1 Å². The first-order valence-corrected chi connectivity index (χ1v) is 8.68. The Morgan fingerprint density at radius 2 is 2.24 bits per heavy atom. The average Bonchev–Trinajstić information content (AvgIpc) is 3.32.